The second-order valence-corrected chi connectivity index (χ2v) is 4.80. The highest BCUT2D eigenvalue weighted by Gasteiger charge is 2.23. The summed E-state index contributed by atoms with van der Waals surface area (Å²) in [6, 6.07) is 7.67. The van der Waals surface area contributed by atoms with Crippen molar-refractivity contribution in [2.75, 3.05) is 6.54 Å². The molecule has 0 aliphatic carbocycles. The number of carbonyl (C=O) groups excluding carboxylic acids is 1. The molecule has 1 saturated heterocycles. The van der Waals surface area contributed by atoms with Gasteiger partial charge >= 0.3 is 5.97 Å². The van der Waals surface area contributed by atoms with Crippen molar-refractivity contribution < 1.29 is 9.53 Å². The lowest BCUT2D eigenvalue weighted by Crippen LogP contribution is -2.32. The Hall–Kier alpha value is -0.870. The van der Waals surface area contributed by atoms with Crippen molar-refractivity contribution in [3.05, 3.63) is 34.3 Å². The highest BCUT2D eigenvalue weighted by atomic mass is 80.9. The van der Waals surface area contributed by atoms with Crippen molar-refractivity contribution in [3.8, 4) is 0 Å². The number of rotatable bonds is 3. The summed E-state index contributed by atoms with van der Waals surface area (Å²) in [5, 5.41) is 3.12. The van der Waals surface area contributed by atoms with Crippen LogP contribution in [0.3, 0.4) is 0 Å². The van der Waals surface area contributed by atoms with E-state index in [1.807, 2.05) is 24.3 Å². The van der Waals surface area contributed by atoms with E-state index < -0.39 is 0 Å². The lowest BCUT2D eigenvalue weighted by Gasteiger charge is -2.10. The minimum atomic E-state index is -0.139. The second kappa shape index (κ2) is 5.46. The second-order valence-electron chi connectivity index (χ2n) is 3.88. The van der Waals surface area contributed by atoms with Crippen LogP contribution in [0.25, 0.3) is 0 Å². The molecule has 1 heterocycles. The van der Waals surface area contributed by atoms with Crippen molar-refractivity contribution >= 4 is 21.9 Å². The Bertz CT molecular complexity index is 358. The van der Waals surface area contributed by atoms with E-state index in [-0.39, 0.29) is 12.0 Å². The minimum Gasteiger partial charge on any atom is -0.460 e. The highest BCUT2D eigenvalue weighted by Crippen LogP contribution is 2.12. The number of hydrogen-bond acceptors (Lipinski definition) is 3. The van der Waals surface area contributed by atoms with Gasteiger partial charge in [-0.15, -0.1) is 0 Å². The van der Waals surface area contributed by atoms with Crippen LogP contribution in [0.5, 0.6) is 0 Å². The van der Waals surface area contributed by atoms with E-state index in [2.05, 4.69) is 21.2 Å². The van der Waals surface area contributed by atoms with Crippen LogP contribution in [0.15, 0.2) is 28.7 Å². The maximum Gasteiger partial charge on any atom is 0.323 e. The van der Waals surface area contributed by atoms with Gasteiger partial charge in [0.1, 0.15) is 12.6 Å². The molecule has 0 amide bonds. The maximum absolute atomic E-state index is 11.6. The fourth-order valence-electron chi connectivity index (χ4n) is 1.72. The summed E-state index contributed by atoms with van der Waals surface area (Å²) in [4.78, 5) is 11.6. The average molecular weight is 285 g/mol. The molecule has 1 aromatic carbocycles. The van der Waals surface area contributed by atoms with Crippen molar-refractivity contribution in [1.29, 1.82) is 0 Å². The van der Waals surface area contributed by atoms with Gasteiger partial charge < -0.3 is 10.1 Å². The Morgan fingerprint density at radius 3 is 2.81 bits per heavy atom. The number of carbonyl (C=O) groups is 1. The zero-order valence-electron chi connectivity index (χ0n) is 8.91. The fraction of sp³-hybridized carbons (Fsp3) is 0.417. The van der Waals surface area contributed by atoms with E-state index in [0.29, 0.717) is 6.61 Å². The summed E-state index contributed by atoms with van der Waals surface area (Å²) in [5.74, 6) is -0.139. The monoisotopic (exact) mass is 285 g/mol. The van der Waals surface area contributed by atoms with E-state index in [1.54, 1.807) is 0 Å². The van der Waals surface area contributed by atoms with Gasteiger partial charge in [-0.25, -0.2) is 0 Å². The van der Waals surface area contributed by atoms with Crippen LogP contribution in [0, 0.1) is 0 Å². The molecule has 4 heteroatoms. The summed E-state index contributed by atoms with van der Waals surface area (Å²) in [6.45, 7) is 1.27. The zero-order valence-corrected chi connectivity index (χ0v) is 10.5. The summed E-state index contributed by atoms with van der Waals surface area (Å²) < 4.78 is 6.26. The Labute approximate surface area is 103 Å². The number of halogens is 1. The molecule has 0 radical (unpaired) electrons. The van der Waals surface area contributed by atoms with Crippen molar-refractivity contribution in [2.45, 2.75) is 25.5 Å². The van der Waals surface area contributed by atoms with Gasteiger partial charge in [-0.05, 0) is 37.1 Å². The summed E-state index contributed by atoms with van der Waals surface area (Å²) in [6.07, 6.45) is 1.94. The number of esters is 1. The first-order valence-corrected chi connectivity index (χ1v) is 6.19. The minimum absolute atomic E-state index is 0.101. The molecule has 1 atom stereocenters. The third kappa shape index (κ3) is 3.06. The van der Waals surface area contributed by atoms with E-state index in [4.69, 9.17) is 4.74 Å². The van der Waals surface area contributed by atoms with Gasteiger partial charge in [0, 0.05) is 4.47 Å². The number of nitrogens with one attached hydrogen (secondary N) is 1. The normalized spacial score (nSPS) is 19.7. The smallest absolute Gasteiger partial charge is 0.323 e. The first kappa shape index (κ1) is 11.6. The van der Waals surface area contributed by atoms with Gasteiger partial charge in [-0.1, -0.05) is 28.1 Å². The molecule has 0 spiro atoms. The molecule has 1 N–H and O–H groups in total. The first-order valence-electron chi connectivity index (χ1n) is 5.40. The van der Waals surface area contributed by atoms with Gasteiger partial charge in [0.25, 0.3) is 0 Å². The molecule has 1 fully saturated rings. The Balaban J connectivity index is 1.82. The molecule has 0 aromatic heterocycles. The van der Waals surface area contributed by atoms with E-state index in [9.17, 15) is 4.79 Å². The molecule has 3 nitrogen and oxygen atoms in total. The average Bonchev–Trinajstić information content (AvgIpc) is 2.81. The standard InChI is InChI=1S/C12H14BrNO2/c13-10-5-3-9(4-6-10)8-16-12(15)11-2-1-7-14-11/h3-6,11,14H,1-2,7-8H2/t11-/m0/s1/i13+1. The van der Waals surface area contributed by atoms with Crippen LogP contribution in [-0.4, -0.2) is 18.6 Å². The molecule has 1 aliphatic heterocycles. The molecule has 1 aromatic rings. The molecule has 0 unspecified atom stereocenters. The molecular weight excluding hydrogens is 271 g/mol. The summed E-state index contributed by atoms with van der Waals surface area (Å²) in [5.41, 5.74) is 1.01. The fourth-order valence-corrected chi connectivity index (χ4v) is 1.99. The van der Waals surface area contributed by atoms with Crippen LogP contribution in [-0.2, 0) is 16.1 Å². The predicted octanol–water partition coefficient (Wildman–Crippen LogP) is 2.24. The number of benzene rings is 1. The molecule has 2 rings (SSSR count). The molecule has 0 saturated carbocycles. The largest absolute Gasteiger partial charge is 0.460 e. The van der Waals surface area contributed by atoms with Crippen molar-refractivity contribution in [2.24, 2.45) is 0 Å². The maximum atomic E-state index is 11.6. The number of ether oxygens (including phenoxy) is 1. The highest BCUT2D eigenvalue weighted by molar-refractivity contribution is 9.10. The van der Waals surface area contributed by atoms with Gasteiger partial charge in [-0.2, -0.15) is 0 Å². The Morgan fingerprint density at radius 1 is 1.44 bits per heavy atom. The van der Waals surface area contributed by atoms with Crippen LogP contribution < -0.4 is 5.32 Å². The molecule has 86 valence electrons. The van der Waals surface area contributed by atoms with Crippen LogP contribution in [0.4, 0.5) is 0 Å². The van der Waals surface area contributed by atoms with E-state index in [0.717, 1.165) is 29.4 Å². The lowest BCUT2D eigenvalue weighted by atomic mass is 10.2. The van der Waals surface area contributed by atoms with Gasteiger partial charge in [-0.3, -0.25) is 4.79 Å². The van der Waals surface area contributed by atoms with Crippen molar-refractivity contribution in [1.82, 2.24) is 5.32 Å². The van der Waals surface area contributed by atoms with Crippen LogP contribution in [0.1, 0.15) is 18.4 Å². The van der Waals surface area contributed by atoms with E-state index >= 15 is 0 Å². The van der Waals surface area contributed by atoms with Crippen LogP contribution in [0.2, 0.25) is 0 Å². The molecule has 16 heavy (non-hydrogen) atoms. The third-order valence-corrected chi connectivity index (χ3v) is 3.17. The van der Waals surface area contributed by atoms with E-state index in [1.165, 1.54) is 0 Å². The molecular formula is C12H14BrNO2. The molecule has 0 bridgehead atoms. The topological polar surface area (TPSA) is 38.3 Å². The lowest BCUT2D eigenvalue weighted by molar-refractivity contribution is -0.147. The summed E-state index contributed by atoms with van der Waals surface area (Å²) >= 11 is 3.36. The molecule has 1 aliphatic rings. The van der Waals surface area contributed by atoms with Gasteiger partial charge in [0.15, 0.2) is 0 Å². The summed E-state index contributed by atoms with van der Waals surface area (Å²) in [7, 11) is 0. The van der Waals surface area contributed by atoms with Crippen LogP contribution >= 0.6 is 15.9 Å². The quantitative estimate of drug-likeness (QED) is 0.866. The van der Waals surface area contributed by atoms with Crippen molar-refractivity contribution in [3.63, 3.8) is 0 Å². The third-order valence-electron chi connectivity index (χ3n) is 2.64. The van der Waals surface area contributed by atoms with Gasteiger partial charge in [0.05, 0.1) is 0 Å². The Morgan fingerprint density at radius 2 is 2.19 bits per heavy atom. The number of hydrogen-bond donors (Lipinski definition) is 1. The predicted molar refractivity (Wildman–Crippen MR) is 65.0 cm³/mol. The Kier molecular flexibility index (Phi) is 3.96. The SMILES string of the molecule is O=C(OCc1ccc([81Br])cc1)[C@@H]1CCCN1. The first-order chi connectivity index (χ1) is 7.75. The zero-order chi connectivity index (χ0) is 11.4. The van der Waals surface area contributed by atoms with Gasteiger partial charge in [0.2, 0.25) is 0 Å².